The summed E-state index contributed by atoms with van der Waals surface area (Å²) < 4.78 is 136. The van der Waals surface area contributed by atoms with E-state index in [4.69, 9.17) is 0 Å². The first-order valence-corrected chi connectivity index (χ1v) is 39.1. The molecule has 16 heteroatoms. The average molecular weight is 1980 g/mol. The van der Waals surface area contributed by atoms with Gasteiger partial charge in [0.1, 0.15) is 0 Å². The third-order valence-corrected chi connectivity index (χ3v) is 23.8. The van der Waals surface area contributed by atoms with Crippen LogP contribution in [-0.2, 0) is 196 Å². The van der Waals surface area contributed by atoms with Gasteiger partial charge in [0.05, 0.1) is 11.6 Å². The van der Waals surface area contributed by atoms with Crippen molar-refractivity contribution in [3.63, 3.8) is 0 Å². The zero-order chi connectivity index (χ0) is 75.2. The number of hydrogen-bond donors (Lipinski definition) is 0. The maximum absolute atomic E-state index is 14.4. The molecule has 0 aliphatic heterocycles. The van der Waals surface area contributed by atoms with Crippen LogP contribution in [0, 0.1) is 156 Å². The van der Waals surface area contributed by atoms with Crippen LogP contribution >= 0.6 is 0 Å². The number of hydrogen-bond acceptors (Lipinski definition) is 0. The maximum atomic E-state index is 14.4. The van der Waals surface area contributed by atoms with Crippen LogP contribution in [0.15, 0.2) is 158 Å². The van der Waals surface area contributed by atoms with Gasteiger partial charge in [-0.15, -0.1) is 41.0 Å². The minimum Gasteiger partial charge on any atom is -0.328 e. The van der Waals surface area contributed by atoms with Gasteiger partial charge < -0.3 is 6.42 Å². The van der Waals surface area contributed by atoms with Crippen LogP contribution in [-0.4, -0.2) is 0 Å². The third kappa shape index (κ3) is 30.5. The molecule has 6 radical (unpaired) electrons. The summed E-state index contributed by atoms with van der Waals surface area (Å²) in [4.78, 5) is 0. The molecule has 0 amide bonds. The number of halogens is 10. The van der Waals surface area contributed by atoms with E-state index >= 15 is 0 Å². The van der Waals surface area contributed by atoms with Crippen LogP contribution in [0.25, 0.3) is 44.5 Å². The monoisotopic (exact) mass is 1980 g/mol. The SMILES string of the molecule is CC1CCC(C2CCC(c3cc[c-]c(F)c3F)CC2)CC1.CC1CCC(C2CC[CH-]CC2)CC1.CC1CCC(c2cc[c-]c(F)c2F)CC1.CC1CCC(c2ccc(-c3cc[c-]c(F)c3F)cc2)CC1.Cc1ccc(-c2cc[c-]c(F)c2F)cc1.Cc1ccc(-c2ccc(-c3cc[c-]cc3)c(F)c2F)cc1.[Y].[Y].[Y].[Y].[Y].[Y]. The van der Waals surface area contributed by atoms with E-state index in [1.807, 2.05) is 50.2 Å². The molecule has 15 rings (SSSR count). The largest absolute Gasteiger partial charge is 0.328 e. The molecule has 6 aliphatic rings. The third-order valence-electron chi connectivity index (χ3n) is 23.8. The number of rotatable bonds is 9. The fraction of sp³-hybridized carbons (Fsp3) is 0.427. The molecule has 0 bridgehead atoms. The summed E-state index contributed by atoms with van der Waals surface area (Å²) in [6.45, 7) is 13.2. The van der Waals surface area contributed by atoms with Gasteiger partial charge in [0.25, 0.3) is 0 Å². The van der Waals surface area contributed by atoms with E-state index in [1.165, 1.54) is 151 Å². The molecule has 0 aromatic heterocycles. The normalized spacial score (nSPS) is 21.8. The molecule has 6 fully saturated rings. The quantitative estimate of drug-likeness (QED) is 0.0998. The number of aryl methyl sites for hydroxylation is 2. The van der Waals surface area contributed by atoms with Crippen LogP contribution in [0.3, 0.4) is 0 Å². The molecule has 6 aliphatic carbocycles. The zero-order valence-electron chi connectivity index (χ0n) is 66.2. The van der Waals surface area contributed by atoms with Gasteiger partial charge in [-0.2, -0.15) is 91.7 Å². The predicted octanol–water partition coefficient (Wildman–Crippen LogP) is 29.0. The minimum atomic E-state index is -0.937. The smallest absolute Gasteiger partial charge is 0.167 e. The van der Waals surface area contributed by atoms with Crippen molar-refractivity contribution in [3.8, 4) is 44.5 Å². The van der Waals surface area contributed by atoms with E-state index in [-0.39, 0.29) is 225 Å². The molecule has 582 valence electrons. The molecule has 0 spiro atoms. The molecule has 0 atom stereocenters. The van der Waals surface area contributed by atoms with Gasteiger partial charge in [-0.3, -0.25) is 17.6 Å². The van der Waals surface area contributed by atoms with E-state index in [2.05, 4.69) is 76.6 Å². The Morgan fingerprint density at radius 2 is 0.527 bits per heavy atom. The van der Waals surface area contributed by atoms with Crippen LogP contribution in [0.1, 0.15) is 227 Å². The van der Waals surface area contributed by atoms with E-state index in [1.54, 1.807) is 78.9 Å². The van der Waals surface area contributed by atoms with Crippen molar-refractivity contribution in [1.29, 1.82) is 0 Å². The Balaban J connectivity index is 0.000000283. The number of benzene rings is 9. The van der Waals surface area contributed by atoms with Crippen LogP contribution in [0.2, 0.25) is 0 Å². The van der Waals surface area contributed by atoms with E-state index < -0.39 is 58.2 Å². The van der Waals surface area contributed by atoms with Crippen LogP contribution < -0.4 is 0 Å². The van der Waals surface area contributed by atoms with Crippen LogP contribution in [0.5, 0.6) is 0 Å². The maximum Gasteiger partial charge on any atom is 0.167 e. The van der Waals surface area contributed by atoms with Gasteiger partial charge in [0.2, 0.25) is 0 Å². The second kappa shape index (κ2) is 52.9. The molecule has 0 N–H and O–H groups in total. The van der Waals surface area contributed by atoms with Crippen molar-refractivity contribution in [2.75, 3.05) is 0 Å². The first-order chi connectivity index (χ1) is 51.2. The fourth-order valence-corrected chi connectivity index (χ4v) is 16.9. The Bertz CT molecular complexity index is 4150. The Kier molecular flexibility index (Phi) is 48.8. The predicted molar refractivity (Wildman–Crippen MR) is 411 cm³/mol. The van der Waals surface area contributed by atoms with Crippen molar-refractivity contribution in [3.05, 3.63) is 280 Å². The Morgan fingerprint density at radius 1 is 0.259 bits per heavy atom. The summed E-state index contributed by atoms with van der Waals surface area (Å²) in [5.74, 6) is 0.189. The average Bonchev–Trinajstić information content (AvgIpc) is 0.804. The van der Waals surface area contributed by atoms with Crippen molar-refractivity contribution in [2.45, 2.75) is 213 Å². The second-order valence-electron chi connectivity index (χ2n) is 31.4. The van der Waals surface area contributed by atoms with Gasteiger partial charge in [-0.25, -0.2) is 26.3 Å². The van der Waals surface area contributed by atoms with E-state index in [0.717, 1.165) is 97.0 Å². The second-order valence-corrected chi connectivity index (χ2v) is 31.4. The molecule has 6 saturated carbocycles. The molecule has 112 heavy (non-hydrogen) atoms. The molecular weight excluding hydrogens is 1880 g/mol. The molecule has 0 heterocycles. The standard InChI is InChI=1S/C19H25F2.C19H19F2.C19H13F2.C13H15F2.C13H9F2.C13H23.6Y/c2*1-13-5-7-14(8-6-13)15-9-11-16(12-10-15)17-3-2-4-18(20)19(17)21;1-13-7-9-15(10-8-13)17-12-11-16(18(20)19(17)21)14-5-3-2-4-6-14;2*1-9-5-7-10(8-6-9)11-3-2-4-12(14)13(11)15;1-11-7-9-13(10-8-11)12-5-3-2-4-6-12;;;;;;/h2-3,13-16H,5-12H2,1H3;2-3,9-14H,5-8H2,1H3;3-12H,1H3;2-3,9-10H,5-8H2,1H3;2-3,5-8H,1H3;2,11-13H,3-10H2,1H3;;;;;;/q6*-1;;;;;;. The summed E-state index contributed by atoms with van der Waals surface area (Å²) in [5.41, 5.74) is 8.40. The molecule has 0 nitrogen and oxygen atoms in total. The van der Waals surface area contributed by atoms with Gasteiger partial charge in [-0.1, -0.05) is 199 Å². The fourth-order valence-electron chi connectivity index (χ4n) is 16.9. The summed E-state index contributed by atoms with van der Waals surface area (Å²) in [6.07, 6.45) is 33.4. The minimum absolute atomic E-state index is 0. The molecule has 9 aromatic carbocycles. The molecule has 9 aromatic rings. The Morgan fingerprint density at radius 3 is 0.884 bits per heavy atom. The topological polar surface area (TPSA) is 0 Å². The Hall–Kier alpha value is -1.10. The van der Waals surface area contributed by atoms with Crippen molar-refractivity contribution in [2.24, 2.45) is 47.3 Å². The molecule has 0 unspecified atom stereocenters. The first-order valence-electron chi connectivity index (χ1n) is 39.1. The Labute approximate surface area is 814 Å². The summed E-state index contributed by atoms with van der Waals surface area (Å²) in [6, 6.07) is 56.6. The van der Waals surface area contributed by atoms with Crippen molar-refractivity contribution < 1.29 is 240 Å². The van der Waals surface area contributed by atoms with Gasteiger partial charge >= 0.3 is 0 Å². The summed E-state index contributed by atoms with van der Waals surface area (Å²) in [5, 5.41) is 0. The van der Waals surface area contributed by atoms with Crippen LogP contribution in [0.4, 0.5) is 43.9 Å². The van der Waals surface area contributed by atoms with E-state index in [0.29, 0.717) is 44.9 Å². The zero-order valence-corrected chi connectivity index (χ0v) is 83.2. The summed E-state index contributed by atoms with van der Waals surface area (Å²) in [7, 11) is 0. The first kappa shape index (κ1) is 103. The molecular formula is C96H104F10Y6-6. The van der Waals surface area contributed by atoms with Gasteiger partial charge in [-0.05, 0) is 184 Å². The van der Waals surface area contributed by atoms with Gasteiger partial charge in [0.15, 0.2) is 11.6 Å². The van der Waals surface area contributed by atoms with Gasteiger partial charge in [0, 0.05) is 237 Å². The van der Waals surface area contributed by atoms with E-state index in [9.17, 15) is 43.9 Å². The van der Waals surface area contributed by atoms with Crippen molar-refractivity contribution in [1.82, 2.24) is 0 Å². The summed E-state index contributed by atoms with van der Waals surface area (Å²) >= 11 is 0. The molecule has 0 saturated heterocycles. The van der Waals surface area contributed by atoms with Crippen molar-refractivity contribution >= 4 is 0 Å².